The molecule has 1 aromatic rings. The Bertz CT molecular complexity index is 299. The highest BCUT2D eigenvalue weighted by molar-refractivity contribution is 5.26. The van der Waals surface area contributed by atoms with Gasteiger partial charge in [0.25, 0.3) is 6.43 Å². The molecule has 3 heteroatoms. The molecule has 1 unspecified atom stereocenters. The van der Waals surface area contributed by atoms with Gasteiger partial charge in [0.15, 0.2) is 0 Å². The van der Waals surface area contributed by atoms with E-state index in [4.69, 9.17) is 0 Å². The van der Waals surface area contributed by atoms with Gasteiger partial charge in [-0.05, 0) is 31.0 Å². The third kappa shape index (κ3) is 3.59. The van der Waals surface area contributed by atoms with Crippen LogP contribution in [0.5, 0.6) is 0 Å². The lowest BCUT2D eigenvalue weighted by atomic mass is 10.0. The lowest BCUT2D eigenvalue weighted by molar-refractivity contribution is 0.0990. The van der Waals surface area contributed by atoms with Crippen LogP contribution in [-0.2, 0) is 6.42 Å². The standard InChI is InChI=1S/C12H17F2N/c1-3-15-11(12(13)14)8-10-7-5-4-6-9(10)2/h4-7,11-12,15H,3,8H2,1-2H3. The molecule has 0 heterocycles. The number of likely N-dealkylation sites (N-methyl/N-ethyl adjacent to an activating group) is 1. The maximum Gasteiger partial charge on any atom is 0.254 e. The number of alkyl halides is 2. The van der Waals surface area contributed by atoms with Gasteiger partial charge >= 0.3 is 0 Å². The van der Waals surface area contributed by atoms with Crippen LogP contribution in [0.15, 0.2) is 24.3 Å². The summed E-state index contributed by atoms with van der Waals surface area (Å²) >= 11 is 0. The molecule has 0 aliphatic rings. The van der Waals surface area contributed by atoms with Gasteiger partial charge < -0.3 is 5.32 Å². The van der Waals surface area contributed by atoms with Gasteiger partial charge in [0, 0.05) is 0 Å². The summed E-state index contributed by atoms with van der Waals surface area (Å²) in [5, 5.41) is 2.81. The Hall–Kier alpha value is -0.960. The number of hydrogen-bond donors (Lipinski definition) is 1. The van der Waals surface area contributed by atoms with Crippen molar-refractivity contribution in [3.63, 3.8) is 0 Å². The van der Waals surface area contributed by atoms with Crippen LogP contribution in [0.4, 0.5) is 8.78 Å². The first-order chi connectivity index (χ1) is 7.15. The second-order valence-electron chi connectivity index (χ2n) is 3.63. The highest BCUT2D eigenvalue weighted by Gasteiger charge is 2.19. The normalized spacial score (nSPS) is 13.1. The van der Waals surface area contributed by atoms with Crippen molar-refractivity contribution < 1.29 is 8.78 Å². The quantitative estimate of drug-likeness (QED) is 0.793. The summed E-state index contributed by atoms with van der Waals surface area (Å²) in [5.41, 5.74) is 2.06. The summed E-state index contributed by atoms with van der Waals surface area (Å²) in [4.78, 5) is 0. The molecule has 1 aromatic carbocycles. The number of rotatable bonds is 5. The van der Waals surface area contributed by atoms with Crippen molar-refractivity contribution in [2.45, 2.75) is 32.7 Å². The smallest absolute Gasteiger partial charge is 0.254 e. The number of hydrogen-bond acceptors (Lipinski definition) is 1. The van der Waals surface area contributed by atoms with Gasteiger partial charge in [-0.1, -0.05) is 31.2 Å². The van der Waals surface area contributed by atoms with Crippen LogP contribution in [0.25, 0.3) is 0 Å². The van der Waals surface area contributed by atoms with Crippen molar-refractivity contribution in [3.8, 4) is 0 Å². The summed E-state index contributed by atoms with van der Waals surface area (Å²) in [6.45, 7) is 4.36. The average Bonchev–Trinajstić information content (AvgIpc) is 2.20. The molecule has 0 saturated carbocycles. The van der Waals surface area contributed by atoms with Crippen LogP contribution in [-0.4, -0.2) is 19.0 Å². The minimum atomic E-state index is -2.32. The minimum Gasteiger partial charge on any atom is -0.309 e. The average molecular weight is 213 g/mol. The molecular weight excluding hydrogens is 196 g/mol. The molecule has 0 fully saturated rings. The molecule has 0 amide bonds. The molecule has 0 spiro atoms. The first-order valence-electron chi connectivity index (χ1n) is 5.21. The van der Waals surface area contributed by atoms with E-state index in [9.17, 15) is 8.78 Å². The van der Waals surface area contributed by atoms with Crippen LogP contribution in [0.2, 0.25) is 0 Å². The van der Waals surface area contributed by atoms with Crippen LogP contribution in [0.1, 0.15) is 18.1 Å². The lowest BCUT2D eigenvalue weighted by Gasteiger charge is -2.17. The monoisotopic (exact) mass is 213 g/mol. The molecule has 0 bridgehead atoms. The third-order valence-corrected chi connectivity index (χ3v) is 2.47. The summed E-state index contributed by atoms with van der Waals surface area (Å²) in [7, 11) is 0. The molecule has 1 N–H and O–H groups in total. The van der Waals surface area contributed by atoms with E-state index in [1.165, 1.54) is 0 Å². The van der Waals surface area contributed by atoms with Crippen LogP contribution < -0.4 is 5.32 Å². The van der Waals surface area contributed by atoms with Gasteiger partial charge in [0.2, 0.25) is 0 Å². The summed E-state index contributed by atoms with van der Waals surface area (Å²) in [6, 6.07) is 6.92. The Labute approximate surface area is 89.5 Å². The molecule has 0 aliphatic heterocycles. The van der Waals surface area contributed by atoms with Crippen LogP contribution in [0.3, 0.4) is 0 Å². The maximum atomic E-state index is 12.6. The number of halogens is 2. The van der Waals surface area contributed by atoms with Gasteiger partial charge in [0.05, 0.1) is 6.04 Å². The van der Waals surface area contributed by atoms with Gasteiger partial charge in [-0.3, -0.25) is 0 Å². The molecule has 1 rings (SSSR count). The van der Waals surface area contributed by atoms with Crippen molar-refractivity contribution >= 4 is 0 Å². The SMILES string of the molecule is CCNC(Cc1ccccc1C)C(F)F. The van der Waals surface area contributed by atoms with Gasteiger partial charge in [0.1, 0.15) is 0 Å². The zero-order valence-corrected chi connectivity index (χ0v) is 9.13. The van der Waals surface area contributed by atoms with E-state index in [-0.39, 0.29) is 0 Å². The van der Waals surface area contributed by atoms with Crippen molar-refractivity contribution in [3.05, 3.63) is 35.4 Å². The fourth-order valence-corrected chi connectivity index (χ4v) is 1.59. The van der Waals surface area contributed by atoms with Crippen LogP contribution >= 0.6 is 0 Å². The second-order valence-corrected chi connectivity index (χ2v) is 3.63. The zero-order chi connectivity index (χ0) is 11.3. The molecule has 0 radical (unpaired) electrons. The summed E-state index contributed by atoms with van der Waals surface area (Å²) in [6.07, 6.45) is -1.93. The van der Waals surface area contributed by atoms with Crippen molar-refractivity contribution in [1.82, 2.24) is 5.32 Å². The van der Waals surface area contributed by atoms with E-state index >= 15 is 0 Å². The predicted molar refractivity (Wildman–Crippen MR) is 58.4 cm³/mol. The molecule has 0 aliphatic carbocycles. The Morgan fingerprint density at radius 1 is 1.27 bits per heavy atom. The van der Waals surface area contributed by atoms with Crippen molar-refractivity contribution in [1.29, 1.82) is 0 Å². The fourth-order valence-electron chi connectivity index (χ4n) is 1.59. The third-order valence-electron chi connectivity index (χ3n) is 2.47. The minimum absolute atomic E-state index is 0.387. The van der Waals surface area contributed by atoms with E-state index < -0.39 is 12.5 Å². The van der Waals surface area contributed by atoms with E-state index in [1.807, 2.05) is 38.1 Å². The van der Waals surface area contributed by atoms with Gasteiger partial charge in [-0.15, -0.1) is 0 Å². The summed E-state index contributed by atoms with van der Waals surface area (Å²) < 4.78 is 25.3. The topological polar surface area (TPSA) is 12.0 Å². The molecular formula is C12H17F2N. The summed E-state index contributed by atoms with van der Waals surface area (Å²) in [5.74, 6) is 0. The van der Waals surface area contributed by atoms with Gasteiger partial charge in [-0.25, -0.2) is 8.78 Å². The van der Waals surface area contributed by atoms with Gasteiger partial charge in [-0.2, -0.15) is 0 Å². The molecule has 1 atom stereocenters. The number of aryl methyl sites for hydroxylation is 1. The second kappa shape index (κ2) is 5.81. The van der Waals surface area contributed by atoms with Crippen LogP contribution in [0, 0.1) is 6.92 Å². The Morgan fingerprint density at radius 2 is 1.93 bits per heavy atom. The Balaban J connectivity index is 2.69. The first-order valence-corrected chi connectivity index (χ1v) is 5.21. The highest BCUT2D eigenvalue weighted by Crippen LogP contribution is 2.13. The van der Waals surface area contributed by atoms with E-state index in [0.29, 0.717) is 13.0 Å². The zero-order valence-electron chi connectivity index (χ0n) is 9.13. The number of nitrogens with one attached hydrogen (secondary N) is 1. The van der Waals surface area contributed by atoms with E-state index in [1.54, 1.807) is 0 Å². The molecule has 84 valence electrons. The highest BCUT2D eigenvalue weighted by atomic mass is 19.3. The van der Waals surface area contributed by atoms with Crippen molar-refractivity contribution in [2.24, 2.45) is 0 Å². The predicted octanol–water partition coefficient (Wildman–Crippen LogP) is 2.78. The Morgan fingerprint density at radius 3 is 2.47 bits per heavy atom. The maximum absolute atomic E-state index is 12.6. The Kier molecular flexibility index (Phi) is 4.69. The van der Waals surface area contributed by atoms with E-state index in [2.05, 4.69) is 5.32 Å². The fraction of sp³-hybridized carbons (Fsp3) is 0.500. The number of benzene rings is 1. The largest absolute Gasteiger partial charge is 0.309 e. The van der Waals surface area contributed by atoms with E-state index in [0.717, 1.165) is 11.1 Å². The first kappa shape index (κ1) is 12.1. The molecule has 15 heavy (non-hydrogen) atoms. The van der Waals surface area contributed by atoms with Crippen molar-refractivity contribution in [2.75, 3.05) is 6.54 Å². The molecule has 1 nitrogen and oxygen atoms in total. The molecule has 0 saturated heterocycles. The molecule has 0 aromatic heterocycles. The lowest BCUT2D eigenvalue weighted by Crippen LogP contribution is -2.37.